The van der Waals surface area contributed by atoms with Gasteiger partial charge in [0.2, 0.25) is 5.82 Å². The molecule has 0 unspecified atom stereocenters. The minimum absolute atomic E-state index is 0.0440. The summed E-state index contributed by atoms with van der Waals surface area (Å²) in [6.07, 6.45) is 1.38. The largest absolute Gasteiger partial charge is 0.338 e. The fourth-order valence-electron chi connectivity index (χ4n) is 0.429. The molecule has 0 atom stereocenters. The number of H-pyrrole nitrogens is 1. The minimum Gasteiger partial charge on any atom is -0.338 e. The van der Waals surface area contributed by atoms with Crippen LogP contribution < -0.4 is 5.56 Å². The van der Waals surface area contributed by atoms with E-state index in [0.29, 0.717) is 0 Å². The maximum atomic E-state index is 10.4. The summed E-state index contributed by atoms with van der Waals surface area (Å²) in [5.74, 6) is 0.0440. The van der Waals surface area contributed by atoms with E-state index in [1.807, 2.05) is 0 Å². The number of hydrogen-bond donors (Lipinski definition) is 1. The van der Waals surface area contributed by atoms with Crippen molar-refractivity contribution in [3.05, 3.63) is 28.4 Å². The number of nitriles is 1. The molecule has 0 aliphatic rings. The van der Waals surface area contributed by atoms with Crippen molar-refractivity contribution in [1.29, 1.82) is 5.26 Å². The topological polar surface area (TPSA) is 69.5 Å². The molecule has 0 aliphatic carbocycles. The van der Waals surface area contributed by atoms with Crippen LogP contribution in [0.2, 0.25) is 0 Å². The fourth-order valence-corrected chi connectivity index (χ4v) is 0.429. The first-order chi connectivity index (χ1) is 4.33. The zero-order valence-corrected chi connectivity index (χ0v) is 4.46. The molecule has 4 nitrogen and oxygen atoms in total. The highest BCUT2D eigenvalue weighted by Crippen LogP contribution is 1.74. The second kappa shape index (κ2) is 2.09. The first kappa shape index (κ1) is 5.51. The summed E-state index contributed by atoms with van der Waals surface area (Å²) in [6, 6.07) is 2.95. The van der Waals surface area contributed by atoms with Crippen LogP contribution in [-0.2, 0) is 0 Å². The van der Waals surface area contributed by atoms with E-state index >= 15 is 0 Å². The molecule has 0 amide bonds. The Balaban J connectivity index is 3.28. The molecule has 1 rings (SSSR count). The highest BCUT2D eigenvalue weighted by molar-refractivity contribution is 5.07. The molecule has 1 N–H and O–H groups in total. The van der Waals surface area contributed by atoms with Gasteiger partial charge < -0.3 is 4.98 Å². The molecule has 0 bridgehead atoms. The number of hydrogen-bond acceptors (Lipinski definition) is 3. The van der Waals surface area contributed by atoms with Crippen LogP contribution in [0.25, 0.3) is 0 Å². The Morgan fingerprint density at radius 1 is 1.78 bits per heavy atom. The molecule has 4 heteroatoms. The van der Waals surface area contributed by atoms with Gasteiger partial charge in [0, 0.05) is 12.3 Å². The second-order valence-corrected chi connectivity index (χ2v) is 1.39. The van der Waals surface area contributed by atoms with Crippen molar-refractivity contribution in [2.24, 2.45) is 0 Å². The predicted molar refractivity (Wildman–Crippen MR) is 29.6 cm³/mol. The van der Waals surface area contributed by atoms with E-state index < -0.39 is 5.56 Å². The Morgan fingerprint density at radius 2 is 2.56 bits per heavy atom. The van der Waals surface area contributed by atoms with Crippen molar-refractivity contribution in [2.75, 3.05) is 0 Å². The molecule has 0 saturated heterocycles. The zero-order valence-electron chi connectivity index (χ0n) is 4.46. The third kappa shape index (κ3) is 1.13. The Hall–Kier alpha value is -1.63. The average molecular weight is 121 g/mol. The summed E-state index contributed by atoms with van der Waals surface area (Å²) in [6.45, 7) is 0. The van der Waals surface area contributed by atoms with Gasteiger partial charge in [-0.1, -0.05) is 0 Å². The molecule has 0 aromatic carbocycles. The number of nitrogens with zero attached hydrogens (tertiary/aromatic N) is 2. The van der Waals surface area contributed by atoms with Crippen LogP contribution in [0.1, 0.15) is 5.82 Å². The van der Waals surface area contributed by atoms with Gasteiger partial charge in [-0.3, -0.25) is 4.79 Å². The highest BCUT2D eigenvalue weighted by atomic mass is 16.1. The normalized spacial score (nSPS) is 8.33. The molecule has 9 heavy (non-hydrogen) atoms. The van der Waals surface area contributed by atoms with E-state index in [9.17, 15) is 4.79 Å². The number of aromatic amines is 1. The summed E-state index contributed by atoms with van der Waals surface area (Å²) < 4.78 is 0. The van der Waals surface area contributed by atoms with Crippen molar-refractivity contribution in [3.8, 4) is 6.07 Å². The molecular weight excluding hydrogens is 118 g/mol. The third-order valence-electron chi connectivity index (χ3n) is 0.774. The lowest BCUT2D eigenvalue weighted by Gasteiger charge is -1.81. The van der Waals surface area contributed by atoms with Gasteiger partial charge in [0.15, 0.2) is 0 Å². The van der Waals surface area contributed by atoms with Crippen molar-refractivity contribution >= 4 is 0 Å². The van der Waals surface area contributed by atoms with Crippen LogP contribution in [0.3, 0.4) is 0 Å². The molecule has 0 spiro atoms. The quantitative estimate of drug-likeness (QED) is 0.509. The smallest absolute Gasteiger partial charge is 0.273 e. The Bertz CT molecular complexity index is 296. The van der Waals surface area contributed by atoms with E-state index in [-0.39, 0.29) is 5.82 Å². The first-order valence-electron chi connectivity index (χ1n) is 2.29. The Labute approximate surface area is 50.8 Å². The Kier molecular flexibility index (Phi) is 1.28. The van der Waals surface area contributed by atoms with E-state index in [4.69, 9.17) is 5.26 Å². The molecular formula is C5H3N3O. The van der Waals surface area contributed by atoms with Crippen molar-refractivity contribution in [2.45, 2.75) is 0 Å². The van der Waals surface area contributed by atoms with Crippen LogP contribution in [-0.4, -0.2) is 9.97 Å². The van der Waals surface area contributed by atoms with Crippen LogP contribution in [0, 0.1) is 11.3 Å². The average Bonchev–Trinajstić information content (AvgIpc) is 1.88. The molecule has 1 aromatic heterocycles. The monoisotopic (exact) mass is 121 g/mol. The van der Waals surface area contributed by atoms with E-state index in [1.54, 1.807) is 6.07 Å². The SMILES string of the molecule is N#Cc1nc(=O)cc[nH]1. The molecule has 0 saturated carbocycles. The van der Waals surface area contributed by atoms with Crippen LogP contribution in [0.15, 0.2) is 17.1 Å². The van der Waals surface area contributed by atoms with Gasteiger partial charge in [-0.25, -0.2) is 0 Å². The van der Waals surface area contributed by atoms with Gasteiger partial charge in [0.1, 0.15) is 6.07 Å². The van der Waals surface area contributed by atoms with Gasteiger partial charge in [-0.05, 0) is 0 Å². The standard InChI is InChI=1S/C5H3N3O/c6-3-4-7-2-1-5(9)8-4/h1-2H,(H,7,8,9). The third-order valence-corrected chi connectivity index (χ3v) is 0.774. The van der Waals surface area contributed by atoms with E-state index in [1.165, 1.54) is 12.3 Å². The van der Waals surface area contributed by atoms with Gasteiger partial charge in [-0.15, -0.1) is 0 Å². The second-order valence-electron chi connectivity index (χ2n) is 1.39. The molecule has 0 aliphatic heterocycles. The number of rotatable bonds is 0. The summed E-state index contributed by atoms with van der Waals surface area (Å²) in [4.78, 5) is 16.2. The van der Waals surface area contributed by atoms with Crippen LogP contribution >= 0.6 is 0 Å². The van der Waals surface area contributed by atoms with E-state index in [2.05, 4.69) is 9.97 Å². The number of aromatic nitrogens is 2. The van der Waals surface area contributed by atoms with Gasteiger partial charge in [0.25, 0.3) is 5.56 Å². The van der Waals surface area contributed by atoms with Crippen LogP contribution in [0.5, 0.6) is 0 Å². The summed E-state index contributed by atoms with van der Waals surface area (Å²) in [5.41, 5.74) is -0.398. The molecule has 1 heterocycles. The summed E-state index contributed by atoms with van der Waals surface area (Å²) in [5, 5.41) is 8.18. The Morgan fingerprint density at radius 3 is 3.00 bits per heavy atom. The maximum Gasteiger partial charge on any atom is 0.273 e. The molecule has 44 valence electrons. The van der Waals surface area contributed by atoms with Crippen molar-refractivity contribution in [3.63, 3.8) is 0 Å². The van der Waals surface area contributed by atoms with Crippen molar-refractivity contribution in [1.82, 2.24) is 9.97 Å². The van der Waals surface area contributed by atoms with Gasteiger partial charge in [0.05, 0.1) is 0 Å². The molecule has 0 radical (unpaired) electrons. The summed E-state index contributed by atoms with van der Waals surface area (Å²) >= 11 is 0. The maximum absolute atomic E-state index is 10.4. The lowest BCUT2D eigenvalue weighted by Crippen LogP contribution is -2.05. The first-order valence-corrected chi connectivity index (χ1v) is 2.29. The molecule has 1 aromatic rings. The van der Waals surface area contributed by atoms with Crippen molar-refractivity contribution < 1.29 is 0 Å². The predicted octanol–water partition coefficient (Wildman–Crippen LogP) is -0.358. The van der Waals surface area contributed by atoms with E-state index in [0.717, 1.165) is 0 Å². The van der Waals surface area contributed by atoms with Crippen LogP contribution in [0.4, 0.5) is 0 Å². The van der Waals surface area contributed by atoms with Gasteiger partial charge >= 0.3 is 0 Å². The lowest BCUT2D eigenvalue weighted by molar-refractivity contribution is 1.07. The highest BCUT2D eigenvalue weighted by Gasteiger charge is 1.87. The molecule has 0 fully saturated rings. The zero-order chi connectivity index (χ0) is 6.69. The number of nitrogens with one attached hydrogen (secondary N) is 1. The van der Waals surface area contributed by atoms with Gasteiger partial charge in [-0.2, -0.15) is 10.2 Å². The minimum atomic E-state index is -0.398. The summed E-state index contributed by atoms with van der Waals surface area (Å²) in [7, 11) is 0. The fraction of sp³-hybridized carbons (Fsp3) is 0. The lowest BCUT2D eigenvalue weighted by atomic mass is 10.6.